The Balaban J connectivity index is 1.90. The van der Waals surface area contributed by atoms with Crippen LogP contribution in [0.25, 0.3) is 0 Å². The summed E-state index contributed by atoms with van der Waals surface area (Å²) in [6.45, 7) is 4.16. The second-order valence-electron chi connectivity index (χ2n) is 6.17. The fourth-order valence-electron chi connectivity index (χ4n) is 2.78. The van der Waals surface area contributed by atoms with E-state index in [1.165, 1.54) is 24.0 Å². The summed E-state index contributed by atoms with van der Waals surface area (Å²) in [6.07, 6.45) is 10.2. The van der Waals surface area contributed by atoms with Crippen molar-refractivity contribution >= 4 is 5.91 Å². The second-order valence-corrected chi connectivity index (χ2v) is 6.17. The van der Waals surface area contributed by atoms with Crippen LogP contribution in [0, 0.1) is 6.92 Å². The minimum absolute atomic E-state index is 0.177. The summed E-state index contributed by atoms with van der Waals surface area (Å²) >= 11 is 0. The number of rotatable bonds is 5. The van der Waals surface area contributed by atoms with E-state index >= 15 is 0 Å². The summed E-state index contributed by atoms with van der Waals surface area (Å²) in [7, 11) is 1.91. The second kappa shape index (κ2) is 7.39. The first-order chi connectivity index (χ1) is 10.1. The van der Waals surface area contributed by atoms with E-state index in [2.05, 4.69) is 31.0 Å². The van der Waals surface area contributed by atoms with Crippen LogP contribution in [-0.4, -0.2) is 28.9 Å². The molecule has 2 rings (SSSR count). The Bertz CT molecular complexity index is 522. The van der Waals surface area contributed by atoms with Gasteiger partial charge in [-0.15, -0.1) is 0 Å². The number of nitrogens with zero attached hydrogens (tertiary/aromatic N) is 2. The van der Waals surface area contributed by atoms with Crippen LogP contribution in [0.1, 0.15) is 50.3 Å². The summed E-state index contributed by atoms with van der Waals surface area (Å²) in [5.74, 6) is 0.225. The predicted molar refractivity (Wildman–Crippen MR) is 86.1 cm³/mol. The van der Waals surface area contributed by atoms with Crippen LogP contribution in [0.2, 0.25) is 0 Å². The standard InChI is InChI=1S/C18H26N2O/c1-14-9-10-19-17(11-14)12-15(2)20(3)18(21)13-16-7-5-4-6-8-16/h7,9-11,15H,4-6,8,12-13H2,1-3H3/t15-/m1/s1. The third kappa shape index (κ3) is 4.69. The first-order valence-electron chi connectivity index (χ1n) is 7.91. The highest BCUT2D eigenvalue weighted by molar-refractivity contribution is 5.78. The number of hydrogen-bond donors (Lipinski definition) is 0. The number of aromatic nitrogens is 1. The number of carbonyl (C=O) groups is 1. The lowest BCUT2D eigenvalue weighted by atomic mass is 9.96. The van der Waals surface area contributed by atoms with Gasteiger partial charge in [-0.2, -0.15) is 0 Å². The van der Waals surface area contributed by atoms with E-state index in [1.54, 1.807) is 0 Å². The minimum Gasteiger partial charge on any atom is -0.342 e. The molecule has 114 valence electrons. The molecular formula is C18H26N2O. The molecule has 0 unspecified atom stereocenters. The van der Waals surface area contributed by atoms with Crippen LogP contribution in [0.3, 0.4) is 0 Å². The average Bonchev–Trinajstić information content (AvgIpc) is 2.47. The SMILES string of the molecule is Cc1ccnc(C[C@@H](C)N(C)C(=O)CC2=CCCCC2)c1. The quantitative estimate of drug-likeness (QED) is 0.774. The maximum absolute atomic E-state index is 12.4. The first-order valence-corrected chi connectivity index (χ1v) is 7.91. The van der Waals surface area contributed by atoms with E-state index in [9.17, 15) is 4.79 Å². The number of hydrogen-bond acceptors (Lipinski definition) is 2. The molecule has 1 amide bonds. The van der Waals surface area contributed by atoms with Crippen molar-refractivity contribution in [3.8, 4) is 0 Å². The summed E-state index contributed by atoms with van der Waals surface area (Å²) in [5.41, 5.74) is 3.59. The molecule has 1 aliphatic rings. The number of likely N-dealkylation sites (N-methyl/N-ethyl adjacent to an activating group) is 1. The molecule has 0 saturated carbocycles. The van der Waals surface area contributed by atoms with Gasteiger partial charge in [-0.3, -0.25) is 9.78 Å². The van der Waals surface area contributed by atoms with E-state index in [0.29, 0.717) is 6.42 Å². The van der Waals surface area contributed by atoms with Gasteiger partial charge in [-0.1, -0.05) is 11.6 Å². The van der Waals surface area contributed by atoms with Crippen LogP contribution in [0.15, 0.2) is 30.0 Å². The summed E-state index contributed by atoms with van der Waals surface area (Å²) in [6, 6.07) is 4.27. The molecule has 0 aromatic carbocycles. The van der Waals surface area contributed by atoms with Gasteiger partial charge in [0, 0.05) is 37.8 Å². The third-order valence-corrected chi connectivity index (χ3v) is 4.29. The summed E-state index contributed by atoms with van der Waals surface area (Å²) in [4.78, 5) is 18.6. The van der Waals surface area contributed by atoms with Crippen molar-refractivity contribution in [2.45, 2.75) is 58.4 Å². The van der Waals surface area contributed by atoms with Gasteiger partial charge in [-0.05, 0) is 57.2 Å². The monoisotopic (exact) mass is 286 g/mol. The van der Waals surface area contributed by atoms with E-state index in [0.717, 1.165) is 25.0 Å². The molecule has 3 heteroatoms. The molecule has 1 aromatic rings. The van der Waals surface area contributed by atoms with Crippen molar-refractivity contribution in [3.63, 3.8) is 0 Å². The Morgan fingerprint density at radius 2 is 2.24 bits per heavy atom. The highest BCUT2D eigenvalue weighted by atomic mass is 16.2. The lowest BCUT2D eigenvalue weighted by Gasteiger charge is -2.26. The van der Waals surface area contributed by atoms with E-state index < -0.39 is 0 Å². The van der Waals surface area contributed by atoms with Crippen molar-refractivity contribution in [3.05, 3.63) is 41.2 Å². The van der Waals surface area contributed by atoms with Crippen LogP contribution in [-0.2, 0) is 11.2 Å². The van der Waals surface area contributed by atoms with Crippen molar-refractivity contribution in [2.75, 3.05) is 7.05 Å². The fraction of sp³-hybridized carbons (Fsp3) is 0.556. The van der Waals surface area contributed by atoms with Crippen LogP contribution < -0.4 is 0 Å². The van der Waals surface area contributed by atoms with Crippen LogP contribution >= 0.6 is 0 Å². The van der Waals surface area contributed by atoms with E-state index in [-0.39, 0.29) is 11.9 Å². The van der Waals surface area contributed by atoms with Gasteiger partial charge >= 0.3 is 0 Å². The van der Waals surface area contributed by atoms with Crippen molar-refractivity contribution in [1.29, 1.82) is 0 Å². The molecule has 0 saturated heterocycles. The first kappa shape index (κ1) is 15.7. The average molecular weight is 286 g/mol. The Kier molecular flexibility index (Phi) is 5.54. The molecule has 0 N–H and O–H groups in total. The van der Waals surface area contributed by atoms with E-state index in [1.807, 2.05) is 24.2 Å². The van der Waals surface area contributed by atoms with Gasteiger partial charge < -0.3 is 4.90 Å². The highest BCUT2D eigenvalue weighted by Crippen LogP contribution is 2.21. The maximum Gasteiger partial charge on any atom is 0.226 e. The van der Waals surface area contributed by atoms with Crippen LogP contribution in [0.5, 0.6) is 0 Å². The van der Waals surface area contributed by atoms with Gasteiger partial charge in [0.15, 0.2) is 0 Å². The smallest absolute Gasteiger partial charge is 0.226 e. The zero-order chi connectivity index (χ0) is 15.2. The predicted octanol–water partition coefficient (Wildman–Crippen LogP) is 3.67. The van der Waals surface area contributed by atoms with Gasteiger partial charge in [0.05, 0.1) is 0 Å². The summed E-state index contributed by atoms with van der Waals surface area (Å²) in [5, 5.41) is 0. The topological polar surface area (TPSA) is 33.2 Å². The van der Waals surface area contributed by atoms with Gasteiger partial charge in [0.1, 0.15) is 0 Å². The number of carbonyl (C=O) groups excluding carboxylic acids is 1. The van der Waals surface area contributed by atoms with E-state index in [4.69, 9.17) is 0 Å². The molecule has 0 radical (unpaired) electrons. The zero-order valence-electron chi connectivity index (χ0n) is 13.4. The maximum atomic E-state index is 12.4. The number of aryl methyl sites for hydroxylation is 1. The van der Waals surface area contributed by atoms with Gasteiger partial charge in [-0.25, -0.2) is 0 Å². The molecular weight excluding hydrogens is 260 g/mol. The fourth-order valence-corrected chi connectivity index (χ4v) is 2.78. The number of pyridine rings is 1. The lowest BCUT2D eigenvalue weighted by molar-refractivity contribution is -0.130. The molecule has 0 fully saturated rings. The van der Waals surface area contributed by atoms with Crippen LogP contribution in [0.4, 0.5) is 0 Å². The Labute approximate surface area is 128 Å². The zero-order valence-corrected chi connectivity index (χ0v) is 13.4. The van der Waals surface area contributed by atoms with Crippen molar-refractivity contribution in [2.24, 2.45) is 0 Å². The number of amides is 1. The molecule has 0 spiro atoms. The molecule has 3 nitrogen and oxygen atoms in total. The van der Waals surface area contributed by atoms with Crippen molar-refractivity contribution in [1.82, 2.24) is 9.88 Å². The summed E-state index contributed by atoms with van der Waals surface area (Å²) < 4.78 is 0. The molecule has 21 heavy (non-hydrogen) atoms. The molecule has 0 bridgehead atoms. The Hall–Kier alpha value is -1.64. The molecule has 1 aliphatic carbocycles. The largest absolute Gasteiger partial charge is 0.342 e. The Morgan fingerprint density at radius 1 is 1.43 bits per heavy atom. The molecule has 0 aliphatic heterocycles. The lowest BCUT2D eigenvalue weighted by Crippen LogP contribution is -2.36. The minimum atomic E-state index is 0.177. The highest BCUT2D eigenvalue weighted by Gasteiger charge is 2.18. The third-order valence-electron chi connectivity index (χ3n) is 4.29. The molecule has 1 atom stereocenters. The molecule has 1 heterocycles. The van der Waals surface area contributed by atoms with Gasteiger partial charge in [0.25, 0.3) is 0 Å². The number of allylic oxidation sites excluding steroid dienone is 1. The van der Waals surface area contributed by atoms with Gasteiger partial charge in [0.2, 0.25) is 5.91 Å². The normalized spacial score (nSPS) is 16.2. The molecule has 1 aromatic heterocycles. The Morgan fingerprint density at radius 3 is 2.90 bits per heavy atom. The van der Waals surface area contributed by atoms with Crippen molar-refractivity contribution < 1.29 is 4.79 Å².